The Morgan fingerprint density at radius 2 is 1.60 bits per heavy atom. The summed E-state index contributed by atoms with van der Waals surface area (Å²) in [6, 6.07) is 14.5. The zero-order valence-electron chi connectivity index (χ0n) is 13.0. The van der Waals surface area contributed by atoms with Crippen LogP contribution in [0.2, 0.25) is 0 Å². The highest BCUT2D eigenvalue weighted by Crippen LogP contribution is 2.30. The summed E-state index contributed by atoms with van der Waals surface area (Å²) in [4.78, 5) is 12.5. The third-order valence-electron chi connectivity index (χ3n) is 3.84. The fourth-order valence-corrected chi connectivity index (χ4v) is 2.62. The highest BCUT2D eigenvalue weighted by atomic mass is 19.4. The number of hydrogen-bond donors (Lipinski definition) is 2. The van der Waals surface area contributed by atoms with E-state index in [2.05, 4.69) is 5.10 Å². The van der Waals surface area contributed by atoms with Crippen LogP contribution in [0.3, 0.4) is 0 Å². The fraction of sp³-hybridized carbons (Fsp3) is 0.167. The average Bonchev–Trinajstić information content (AvgIpc) is 2.87. The van der Waals surface area contributed by atoms with Crippen molar-refractivity contribution in [2.45, 2.75) is 19.1 Å². The number of aromatic amines is 1. The van der Waals surface area contributed by atoms with Gasteiger partial charge in [0.25, 0.3) is 5.56 Å². The van der Waals surface area contributed by atoms with Crippen molar-refractivity contribution in [3.05, 3.63) is 87.3 Å². The van der Waals surface area contributed by atoms with Crippen LogP contribution in [0.4, 0.5) is 13.2 Å². The number of phenols is 1. The summed E-state index contributed by atoms with van der Waals surface area (Å²) < 4.78 is 40.9. The summed E-state index contributed by atoms with van der Waals surface area (Å²) >= 11 is 0. The number of nitrogens with zero attached hydrogens (tertiary/aromatic N) is 1. The number of rotatable bonds is 4. The molecule has 0 amide bonds. The number of benzene rings is 2. The summed E-state index contributed by atoms with van der Waals surface area (Å²) in [6.07, 6.45) is -4.83. The molecule has 1 aromatic heterocycles. The maximum atomic E-state index is 13.3. The molecule has 7 heteroatoms. The summed E-state index contributed by atoms with van der Waals surface area (Å²) in [5, 5.41) is 11.5. The lowest BCUT2D eigenvalue weighted by molar-refractivity contribution is -0.142. The van der Waals surface area contributed by atoms with Crippen molar-refractivity contribution in [2.75, 3.05) is 0 Å². The first-order chi connectivity index (χ1) is 11.8. The van der Waals surface area contributed by atoms with Crippen molar-refractivity contribution in [3.63, 3.8) is 0 Å². The van der Waals surface area contributed by atoms with E-state index in [1.807, 2.05) is 0 Å². The van der Waals surface area contributed by atoms with Gasteiger partial charge in [-0.3, -0.25) is 9.89 Å². The van der Waals surface area contributed by atoms with E-state index in [1.165, 1.54) is 24.3 Å². The molecule has 4 nitrogen and oxygen atoms in total. The van der Waals surface area contributed by atoms with Crippen LogP contribution in [0.25, 0.3) is 0 Å². The molecule has 2 N–H and O–H groups in total. The van der Waals surface area contributed by atoms with Gasteiger partial charge < -0.3 is 5.11 Å². The van der Waals surface area contributed by atoms with E-state index < -0.39 is 17.4 Å². The van der Waals surface area contributed by atoms with Gasteiger partial charge in [0, 0.05) is 6.42 Å². The van der Waals surface area contributed by atoms with Gasteiger partial charge in [-0.15, -0.1) is 0 Å². The SMILES string of the molecule is O=c1c(Cc2ccc(O)cc2)c(C(F)(F)F)[nH]n1Cc1ccccc1. The molecule has 0 bridgehead atoms. The van der Waals surface area contributed by atoms with Crippen LogP contribution in [-0.2, 0) is 19.1 Å². The van der Waals surface area contributed by atoms with Gasteiger partial charge in [0.1, 0.15) is 11.4 Å². The Labute approximate surface area is 141 Å². The Kier molecular flexibility index (Phi) is 4.39. The molecule has 0 unspecified atom stereocenters. The first-order valence-corrected chi connectivity index (χ1v) is 7.55. The molecule has 2 aromatic carbocycles. The van der Waals surface area contributed by atoms with E-state index in [4.69, 9.17) is 0 Å². The molecule has 0 saturated heterocycles. The van der Waals surface area contributed by atoms with Gasteiger partial charge in [0.05, 0.1) is 12.1 Å². The van der Waals surface area contributed by atoms with E-state index in [-0.39, 0.29) is 24.3 Å². The number of halogens is 3. The van der Waals surface area contributed by atoms with Crippen LogP contribution in [0.5, 0.6) is 5.75 Å². The number of H-pyrrole nitrogens is 1. The van der Waals surface area contributed by atoms with Gasteiger partial charge in [-0.2, -0.15) is 13.2 Å². The number of phenolic OH excluding ortho intramolecular Hbond substituents is 1. The van der Waals surface area contributed by atoms with Crippen LogP contribution < -0.4 is 5.56 Å². The van der Waals surface area contributed by atoms with E-state index in [0.717, 1.165) is 10.2 Å². The predicted octanol–water partition coefficient (Wildman–Crippen LogP) is 3.54. The normalized spacial score (nSPS) is 11.6. The molecular formula is C18H15F3N2O2. The summed E-state index contributed by atoms with van der Waals surface area (Å²) in [5.41, 5.74) is -0.859. The summed E-state index contributed by atoms with van der Waals surface area (Å²) in [6.45, 7) is 0.0261. The Bertz CT molecular complexity index is 910. The molecule has 0 fully saturated rings. The Morgan fingerprint density at radius 1 is 0.960 bits per heavy atom. The topological polar surface area (TPSA) is 58.0 Å². The molecule has 0 radical (unpaired) electrons. The summed E-state index contributed by atoms with van der Waals surface area (Å²) in [5.74, 6) is 0.00959. The third kappa shape index (κ3) is 3.76. The van der Waals surface area contributed by atoms with Crippen LogP contribution >= 0.6 is 0 Å². The largest absolute Gasteiger partial charge is 0.508 e. The number of nitrogens with one attached hydrogen (secondary N) is 1. The van der Waals surface area contributed by atoms with Crippen LogP contribution in [0.15, 0.2) is 59.4 Å². The molecule has 3 aromatic rings. The van der Waals surface area contributed by atoms with Gasteiger partial charge in [-0.25, -0.2) is 4.68 Å². The van der Waals surface area contributed by atoms with E-state index in [1.54, 1.807) is 30.3 Å². The van der Waals surface area contributed by atoms with Crippen molar-refractivity contribution >= 4 is 0 Å². The molecule has 0 aliphatic heterocycles. The molecular weight excluding hydrogens is 333 g/mol. The van der Waals surface area contributed by atoms with Crippen molar-refractivity contribution in [3.8, 4) is 5.75 Å². The molecule has 3 rings (SSSR count). The molecule has 1 heterocycles. The lowest BCUT2D eigenvalue weighted by Crippen LogP contribution is -2.20. The minimum absolute atomic E-state index is 0.00959. The van der Waals surface area contributed by atoms with E-state index in [9.17, 15) is 23.1 Å². The van der Waals surface area contributed by atoms with Crippen molar-refractivity contribution in [1.82, 2.24) is 9.78 Å². The maximum Gasteiger partial charge on any atom is 0.433 e. The monoisotopic (exact) mass is 348 g/mol. The van der Waals surface area contributed by atoms with Crippen molar-refractivity contribution < 1.29 is 18.3 Å². The standard InChI is InChI=1S/C18H15F3N2O2/c19-18(20,21)16-15(10-12-6-8-14(24)9-7-12)17(25)23(22-16)11-13-4-2-1-3-5-13/h1-9,22,24H,10-11H2. The first-order valence-electron chi connectivity index (χ1n) is 7.55. The molecule has 130 valence electrons. The molecule has 0 aliphatic carbocycles. The highest BCUT2D eigenvalue weighted by molar-refractivity contribution is 5.32. The van der Waals surface area contributed by atoms with Gasteiger partial charge >= 0.3 is 6.18 Å². The zero-order chi connectivity index (χ0) is 18.0. The van der Waals surface area contributed by atoms with E-state index in [0.29, 0.717) is 5.56 Å². The minimum atomic E-state index is -4.66. The molecule has 0 aliphatic rings. The predicted molar refractivity (Wildman–Crippen MR) is 86.5 cm³/mol. The molecule has 0 saturated carbocycles. The zero-order valence-corrected chi connectivity index (χ0v) is 13.0. The average molecular weight is 348 g/mol. The second-order valence-corrected chi connectivity index (χ2v) is 5.68. The molecule has 25 heavy (non-hydrogen) atoms. The number of alkyl halides is 3. The summed E-state index contributed by atoms with van der Waals surface area (Å²) in [7, 11) is 0. The first kappa shape index (κ1) is 16.9. The lowest BCUT2D eigenvalue weighted by Gasteiger charge is -2.07. The van der Waals surface area contributed by atoms with Crippen LogP contribution in [0.1, 0.15) is 22.4 Å². The Hall–Kier alpha value is -2.96. The Balaban J connectivity index is 2.00. The quantitative estimate of drug-likeness (QED) is 0.758. The number of aromatic hydroxyl groups is 1. The Morgan fingerprint density at radius 3 is 2.20 bits per heavy atom. The lowest BCUT2D eigenvalue weighted by atomic mass is 10.1. The second-order valence-electron chi connectivity index (χ2n) is 5.68. The van der Waals surface area contributed by atoms with E-state index >= 15 is 0 Å². The van der Waals surface area contributed by atoms with Crippen LogP contribution in [-0.4, -0.2) is 14.9 Å². The highest BCUT2D eigenvalue weighted by Gasteiger charge is 2.37. The van der Waals surface area contributed by atoms with Gasteiger partial charge in [0.15, 0.2) is 0 Å². The molecule has 0 atom stereocenters. The third-order valence-corrected chi connectivity index (χ3v) is 3.84. The number of hydrogen-bond acceptors (Lipinski definition) is 2. The van der Waals surface area contributed by atoms with Crippen molar-refractivity contribution in [1.29, 1.82) is 0 Å². The van der Waals surface area contributed by atoms with Gasteiger partial charge in [0.2, 0.25) is 0 Å². The smallest absolute Gasteiger partial charge is 0.433 e. The van der Waals surface area contributed by atoms with Gasteiger partial charge in [-0.1, -0.05) is 42.5 Å². The second kappa shape index (κ2) is 6.51. The van der Waals surface area contributed by atoms with Crippen LogP contribution in [0, 0.1) is 0 Å². The van der Waals surface area contributed by atoms with Crippen molar-refractivity contribution in [2.24, 2.45) is 0 Å². The maximum absolute atomic E-state index is 13.3. The molecule has 0 spiro atoms. The fourth-order valence-electron chi connectivity index (χ4n) is 2.62. The number of aromatic nitrogens is 2. The minimum Gasteiger partial charge on any atom is -0.508 e. The van der Waals surface area contributed by atoms with Gasteiger partial charge in [-0.05, 0) is 23.3 Å².